The number of phenols is 1. The minimum Gasteiger partial charge on any atom is -0.507 e. The second kappa shape index (κ2) is 7.14. The lowest BCUT2D eigenvalue weighted by atomic mass is 10.0. The van der Waals surface area contributed by atoms with E-state index in [1.807, 2.05) is 18.2 Å². The monoisotopic (exact) mass is 324 g/mol. The summed E-state index contributed by atoms with van der Waals surface area (Å²) in [6.07, 6.45) is 3.15. The van der Waals surface area contributed by atoms with Gasteiger partial charge in [-0.05, 0) is 36.6 Å². The van der Waals surface area contributed by atoms with E-state index in [9.17, 15) is 9.67 Å². The zero-order valence-electron chi connectivity index (χ0n) is 13.0. The summed E-state index contributed by atoms with van der Waals surface area (Å²) in [5.41, 5.74) is 1.14. The van der Waals surface area contributed by atoms with E-state index >= 15 is 0 Å². The van der Waals surface area contributed by atoms with E-state index in [4.69, 9.17) is 13.6 Å². The maximum atomic E-state index is 12.1. The predicted molar refractivity (Wildman–Crippen MR) is 86.5 cm³/mol. The summed E-state index contributed by atoms with van der Waals surface area (Å²) in [5.74, 6) is 0.507. The Bertz CT molecular complexity index is 690. The topological polar surface area (TPSA) is 65.0 Å². The van der Waals surface area contributed by atoms with Gasteiger partial charge in [-0.15, -0.1) is 0 Å². The SMILES string of the molecule is CCCCc1ccc2c(OP(=O)(OC)OC)ccc(O)c2c1. The van der Waals surface area contributed by atoms with Crippen molar-refractivity contribution in [1.29, 1.82) is 0 Å². The number of aromatic hydroxyl groups is 1. The molecule has 1 N–H and O–H groups in total. The third kappa shape index (κ3) is 3.61. The molecule has 6 heteroatoms. The molecule has 0 heterocycles. The van der Waals surface area contributed by atoms with Gasteiger partial charge in [0.25, 0.3) is 0 Å². The molecule has 2 aromatic carbocycles. The molecule has 0 aliphatic carbocycles. The smallest absolute Gasteiger partial charge is 0.507 e. The van der Waals surface area contributed by atoms with Gasteiger partial charge in [-0.3, -0.25) is 9.05 Å². The van der Waals surface area contributed by atoms with Crippen molar-refractivity contribution in [3.63, 3.8) is 0 Å². The minimum absolute atomic E-state index is 0.158. The number of aryl methyl sites for hydroxylation is 1. The number of rotatable bonds is 7. The van der Waals surface area contributed by atoms with E-state index in [1.165, 1.54) is 20.3 Å². The maximum absolute atomic E-state index is 12.1. The Labute approximate surface area is 130 Å². The molecule has 0 aliphatic rings. The molecule has 0 aliphatic heterocycles. The summed E-state index contributed by atoms with van der Waals surface area (Å²) in [6, 6.07) is 8.82. The van der Waals surface area contributed by atoms with Crippen molar-refractivity contribution in [3.8, 4) is 11.5 Å². The summed E-state index contributed by atoms with van der Waals surface area (Å²) in [6.45, 7) is 2.14. The first kappa shape index (κ1) is 16.8. The van der Waals surface area contributed by atoms with E-state index in [1.54, 1.807) is 6.07 Å². The number of phosphoric ester groups is 1. The van der Waals surface area contributed by atoms with Crippen molar-refractivity contribution in [2.75, 3.05) is 14.2 Å². The second-order valence-corrected chi connectivity index (χ2v) is 6.78. The Morgan fingerprint density at radius 3 is 2.45 bits per heavy atom. The minimum atomic E-state index is -3.63. The first-order chi connectivity index (χ1) is 10.5. The zero-order chi connectivity index (χ0) is 16.2. The fourth-order valence-electron chi connectivity index (χ4n) is 2.24. The van der Waals surface area contributed by atoms with Crippen molar-refractivity contribution in [2.24, 2.45) is 0 Å². The molecular weight excluding hydrogens is 303 g/mol. The van der Waals surface area contributed by atoms with Crippen LogP contribution in [0.2, 0.25) is 0 Å². The van der Waals surface area contributed by atoms with Crippen LogP contribution in [-0.2, 0) is 20.0 Å². The number of hydrogen-bond donors (Lipinski definition) is 1. The Kier molecular flexibility index (Phi) is 5.46. The van der Waals surface area contributed by atoms with Crippen LogP contribution in [0.1, 0.15) is 25.3 Å². The van der Waals surface area contributed by atoms with Gasteiger partial charge in [0.1, 0.15) is 11.5 Å². The summed E-state index contributed by atoms with van der Waals surface area (Å²) in [4.78, 5) is 0. The van der Waals surface area contributed by atoms with Crippen molar-refractivity contribution >= 4 is 18.6 Å². The van der Waals surface area contributed by atoms with Gasteiger partial charge >= 0.3 is 7.82 Å². The van der Waals surface area contributed by atoms with E-state index in [0.717, 1.165) is 24.8 Å². The Balaban J connectivity index is 2.45. The third-order valence-corrected chi connectivity index (χ3v) is 4.81. The largest absolute Gasteiger partial charge is 0.529 e. The molecular formula is C16H21O5P. The number of unbranched alkanes of at least 4 members (excludes halogenated alkanes) is 1. The molecule has 120 valence electrons. The fourth-order valence-corrected chi connectivity index (χ4v) is 2.94. The Morgan fingerprint density at radius 2 is 1.82 bits per heavy atom. The van der Waals surface area contributed by atoms with E-state index < -0.39 is 7.82 Å². The van der Waals surface area contributed by atoms with Gasteiger partial charge in [0.05, 0.1) is 0 Å². The lowest BCUT2D eigenvalue weighted by Crippen LogP contribution is -1.98. The summed E-state index contributed by atoms with van der Waals surface area (Å²) < 4.78 is 27.1. The van der Waals surface area contributed by atoms with Crippen LogP contribution in [0.5, 0.6) is 11.5 Å². The molecule has 5 nitrogen and oxygen atoms in total. The van der Waals surface area contributed by atoms with Gasteiger partial charge in [0.2, 0.25) is 0 Å². The standard InChI is InChI=1S/C16H21O5P/c1-4-5-6-12-7-8-13-14(11-12)15(17)9-10-16(13)21-22(18,19-2)20-3/h7-11,17H,4-6H2,1-3H3. The maximum Gasteiger partial charge on any atom is 0.529 e. The lowest BCUT2D eigenvalue weighted by Gasteiger charge is -2.16. The van der Waals surface area contributed by atoms with Crippen LogP contribution in [0.15, 0.2) is 30.3 Å². The first-order valence-electron chi connectivity index (χ1n) is 7.18. The van der Waals surface area contributed by atoms with Crippen LogP contribution < -0.4 is 4.52 Å². The number of phenolic OH excluding ortho intramolecular Hbond substituents is 1. The van der Waals surface area contributed by atoms with Crippen molar-refractivity contribution < 1.29 is 23.2 Å². The number of hydrogen-bond acceptors (Lipinski definition) is 5. The lowest BCUT2D eigenvalue weighted by molar-refractivity contribution is 0.212. The number of fused-ring (bicyclic) bond motifs is 1. The highest BCUT2D eigenvalue weighted by molar-refractivity contribution is 7.48. The molecule has 0 fully saturated rings. The van der Waals surface area contributed by atoms with Crippen LogP contribution in [0.4, 0.5) is 0 Å². The highest BCUT2D eigenvalue weighted by atomic mass is 31.2. The molecule has 2 rings (SSSR count). The normalized spacial score (nSPS) is 11.8. The molecule has 0 aromatic heterocycles. The molecule has 0 bridgehead atoms. The van der Waals surface area contributed by atoms with Crippen molar-refractivity contribution in [3.05, 3.63) is 35.9 Å². The highest BCUT2D eigenvalue weighted by Crippen LogP contribution is 2.49. The van der Waals surface area contributed by atoms with Gasteiger partial charge in [0, 0.05) is 25.0 Å². The molecule has 22 heavy (non-hydrogen) atoms. The molecule has 0 atom stereocenters. The van der Waals surface area contributed by atoms with Crippen molar-refractivity contribution in [2.45, 2.75) is 26.2 Å². The molecule has 0 unspecified atom stereocenters. The van der Waals surface area contributed by atoms with E-state index in [2.05, 4.69) is 6.92 Å². The average molecular weight is 324 g/mol. The zero-order valence-corrected chi connectivity index (χ0v) is 13.9. The summed E-state index contributed by atoms with van der Waals surface area (Å²) in [7, 11) is -1.11. The van der Waals surface area contributed by atoms with Gasteiger partial charge in [-0.2, -0.15) is 0 Å². The van der Waals surface area contributed by atoms with Gasteiger partial charge in [-0.1, -0.05) is 25.5 Å². The van der Waals surface area contributed by atoms with Gasteiger partial charge in [-0.25, -0.2) is 4.57 Å². The summed E-state index contributed by atoms with van der Waals surface area (Å²) in [5, 5.41) is 11.4. The molecule has 0 saturated heterocycles. The Morgan fingerprint density at radius 1 is 1.09 bits per heavy atom. The van der Waals surface area contributed by atoms with E-state index in [-0.39, 0.29) is 5.75 Å². The van der Waals surface area contributed by atoms with Crippen LogP contribution in [0.25, 0.3) is 10.8 Å². The molecule has 0 saturated carbocycles. The molecule has 0 amide bonds. The third-order valence-electron chi connectivity index (χ3n) is 3.49. The predicted octanol–water partition coefficient (Wildman–Crippen LogP) is 4.67. The Hall–Kier alpha value is -1.55. The quantitative estimate of drug-likeness (QED) is 0.750. The van der Waals surface area contributed by atoms with Gasteiger partial charge in [0.15, 0.2) is 0 Å². The molecule has 0 radical (unpaired) electrons. The van der Waals surface area contributed by atoms with Crippen LogP contribution in [-0.4, -0.2) is 19.3 Å². The number of benzene rings is 2. The second-order valence-electron chi connectivity index (χ2n) is 4.97. The fraction of sp³-hybridized carbons (Fsp3) is 0.375. The highest BCUT2D eigenvalue weighted by Gasteiger charge is 2.25. The number of phosphoric acid groups is 1. The van der Waals surface area contributed by atoms with Crippen LogP contribution in [0, 0.1) is 0 Å². The van der Waals surface area contributed by atoms with Crippen LogP contribution >= 0.6 is 7.82 Å². The van der Waals surface area contributed by atoms with Crippen molar-refractivity contribution in [1.82, 2.24) is 0 Å². The average Bonchev–Trinajstić information content (AvgIpc) is 2.55. The molecule has 2 aromatic rings. The van der Waals surface area contributed by atoms with E-state index in [0.29, 0.717) is 16.5 Å². The van der Waals surface area contributed by atoms with Gasteiger partial charge < -0.3 is 9.63 Å². The molecule has 0 spiro atoms. The summed E-state index contributed by atoms with van der Waals surface area (Å²) >= 11 is 0. The van der Waals surface area contributed by atoms with Crippen LogP contribution in [0.3, 0.4) is 0 Å². The first-order valence-corrected chi connectivity index (χ1v) is 8.64.